The molecule has 128 valence electrons. The molecular formula is C19H26N3OS+. The lowest BCUT2D eigenvalue weighted by atomic mass is 9.97. The molecule has 1 N–H and O–H groups in total. The van der Waals surface area contributed by atoms with Crippen molar-refractivity contribution in [2.45, 2.75) is 44.6 Å². The molecule has 3 heterocycles. The van der Waals surface area contributed by atoms with E-state index < -0.39 is 0 Å². The van der Waals surface area contributed by atoms with E-state index >= 15 is 0 Å². The average molecular weight is 345 g/mol. The molecule has 2 aliphatic rings. The fourth-order valence-electron chi connectivity index (χ4n) is 4.15. The summed E-state index contributed by atoms with van der Waals surface area (Å²) < 4.78 is 1.28. The molecule has 5 heteroatoms. The van der Waals surface area contributed by atoms with Gasteiger partial charge in [-0.3, -0.25) is 4.79 Å². The molecule has 0 saturated carbocycles. The van der Waals surface area contributed by atoms with Gasteiger partial charge in [0.15, 0.2) is 6.04 Å². The number of benzene rings is 1. The first-order chi connectivity index (χ1) is 11.7. The maximum absolute atomic E-state index is 12.7. The number of nitrogens with one attached hydrogen (secondary N) is 1. The van der Waals surface area contributed by atoms with Crippen molar-refractivity contribution in [3.05, 3.63) is 29.3 Å². The van der Waals surface area contributed by atoms with Crippen LogP contribution in [0.3, 0.4) is 0 Å². The van der Waals surface area contributed by atoms with E-state index in [2.05, 4.69) is 36.1 Å². The maximum Gasteiger partial charge on any atom is 0.280 e. The zero-order valence-corrected chi connectivity index (χ0v) is 15.1. The Hall–Kier alpha value is -1.46. The monoisotopic (exact) mass is 344 g/mol. The number of hydrogen-bond donors (Lipinski definition) is 1. The molecular weight excluding hydrogens is 318 g/mol. The zero-order chi connectivity index (χ0) is 16.5. The number of carbonyl (C=O) groups is 1. The summed E-state index contributed by atoms with van der Waals surface area (Å²) in [6, 6.07) is 8.48. The lowest BCUT2D eigenvalue weighted by Crippen LogP contribution is -3.17. The first-order valence-corrected chi connectivity index (χ1v) is 10.0. The number of likely N-dealkylation sites (tertiary alicyclic amines) is 2. The van der Waals surface area contributed by atoms with Crippen molar-refractivity contribution in [2.24, 2.45) is 0 Å². The first-order valence-electron chi connectivity index (χ1n) is 9.21. The summed E-state index contributed by atoms with van der Waals surface area (Å²) >= 11 is 1.83. The van der Waals surface area contributed by atoms with Crippen molar-refractivity contribution in [1.29, 1.82) is 0 Å². The lowest BCUT2D eigenvalue weighted by molar-refractivity contribution is -0.920. The summed E-state index contributed by atoms with van der Waals surface area (Å²) in [7, 11) is 0. The van der Waals surface area contributed by atoms with Gasteiger partial charge in [0, 0.05) is 13.1 Å². The van der Waals surface area contributed by atoms with Crippen LogP contribution in [0.2, 0.25) is 0 Å². The Morgan fingerprint density at radius 1 is 1.29 bits per heavy atom. The second-order valence-corrected chi connectivity index (χ2v) is 8.29. The Labute approximate surface area is 147 Å². The number of quaternary nitrogens is 1. The number of fused-ring (bicyclic) bond motifs is 1. The molecule has 1 aromatic carbocycles. The van der Waals surface area contributed by atoms with E-state index in [0.717, 1.165) is 31.7 Å². The molecule has 4 nitrogen and oxygen atoms in total. The molecule has 2 aliphatic heterocycles. The number of piperidine rings is 1. The fraction of sp³-hybridized carbons (Fsp3) is 0.579. The zero-order valence-electron chi connectivity index (χ0n) is 14.3. The van der Waals surface area contributed by atoms with E-state index in [1.54, 1.807) is 0 Å². The number of nitrogens with zero attached hydrogens (tertiary/aromatic N) is 2. The standard InChI is InChI=1S/C19H25N3OS/c1-14(19(23)21-10-4-5-11-21)22-12-6-7-15(13-22)18-20-16-8-2-3-9-17(16)24-18/h2-3,8-9,14-15H,4-7,10-13H2,1H3/p+1/t14-,15+/m1/s1. The molecule has 0 spiro atoms. The highest BCUT2D eigenvalue weighted by Gasteiger charge is 2.35. The molecule has 2 fully saturated rings. The number of carbonyl (C=O) groups excluding carboxylic acids is 1. The smallest absolute Gasteiger partial charge is 0.280 e. The fourth-order valence-corrected chi connectivity index (χ4v) is 5.25. The average Bonchev–Trinajstić information content (AvgIpc) is 3.30. The predicted molar refractivity (Wildman–Crippen MR) is 97.6 cm³/mol. The molecule has 2 saturated heterocycles. The predicted octanol–water partition coefficient (Wildman–Crippen LogP) is 2.07. The maximum atomic E-state index is 12.7. The van der Waals surface area contributed by atoms with Crippen LogP contribution in [0.4, 0.5) is 0 Å². The molecule has 0 aliphatic carbocycles. The van der Waals surface area contributed by atoms with Crippen LogP contribution in [0.1, 0.15) is 43.5 Å². The van der Waals surface area contributed by atoms with Crippen molar-refractivity contribution >= 4 is 27.5 Å². The van der Waals surface area contributed by atoms with Gasteiger partial charge >= 0.3 is 0 Å². The molecule has 0 bridgehead atoms. The second kappa shape index (κ2) is 6.81. The second-order valence-electron chi connectivity index (χ2n) is 7.23. The number of para-hydroxylation sites is 1. The van der Waals surface area contributed by atoms with Gasteiger partial charge in [-0.05, 0) is 44.7 Å². The third-order valence-electron chi connectivity index (χ3n) is 5.62. The molecule has 3 atom stereocenters. The van der Waals surface area contributed by atoms with Crippen LogP contribution >= 0.6 is 11.3 Å². The van der Waals surface area contributed by atoms with Gasteiger partial charge in [0.05, 0.1) is 29.2 Å². The number of hydrogen-bond acceptors (Lipinski definition) is 3. The highest BCUT2D eigenvalue weighted by Crippen LogP contribution is 2.30. The third kappa shape index (κ3) is 3.07. The topological polar surface area (TPSA) is 37.6 Å². The lowest BCUT2D eigenvalue weighted by Gasteiger charge is -2.34. The van der Waals surface area contributed by atoms with Crippen LogP contribution in [0.5, 0.6) is 0 Å². The van der Waals surface area contributed by atoms with E-state index in [1.165, 1.54) is 40.3 Å². The van der Waals surface area contributed by atoms with Crippen molar-refractivity contribution in [3.8, 4) is 0 Å². The van der Waals surface area contributed by atoms with Gasteiger partial charge in [0.2, 0.25) is 0 Å². The molecule has 24 heavy (non-hydrogen) atoms. The largest absolute Gasteiger partial charge is 0.338 e. The van der Waals surface area contributed by atoms with Gasteiger partial charge < -0.3 is 9.80 Å². The molecule has 4 rings (SSSR count). The van der Waals surface area contributed by atoms with Gasteiger partial charge in [-0.25, -0.2) is 4.98 Å². The van der Waals surface area contributed by atoms with Crippen molar-refractivity contribution in [1.82, 2.24) is 9.88 Å². The minimum absolute atomic E-state index is 0.0836. The van der Waals surface area contributed by atoms with E-state index in [4.69, 9.17) is 4.98 Å². The highest BCUT2D eigenvalue weighted by atomic mass is 32.1. The summed E-state index contributed by atoms with van der Waals surface area (Å²) in [6.45, 7) is 6.19. The Morgan fingerprint density at radius 2 is 2.08 bits per heavy atom. The van der Waals surface area contributed by atoms with Gasteiger partial charge in [0.25, 0.3) is 5.91 Å². The Morgan fingerprint density at radius 3 is 2.88 bits per heavy atom. The number of amides is 1. The van der Waals surface area contributed by atoms with Crippen LogP contribution in [0.15, 0.2) is 24.3 Å². The first kappa shape index (κ1) is 16.0. The van der Waals surface area contributed by atoms with Crippen LogP contribution in [0.25, 0.3) is 10.2 Å². The number of rotatable bonds is 3. The van der Waals surface area contributed by atoms with Crippen molar-refractivity contribution in [2.75, 3.05) is 26.2 Å². The molecule has 1 amide bonds. The third-order valence-corrected chi connectivity index (χ3v) is 6.82. The van der Waals surface area contributed by atoms with Gasteiger partial charge in [0.1, 0.15) is 5.01 Å². The normalized spacial score (nSPS) is 26.0. The summed E-state index contributed by atoms with van der Waals surface area (Å²) in [5.74, 6) is 0.854. The van der Waals surface area contributed by atoms with Gasteiger partial charge in [-0.1, -0.05) is 12.1 Å². The van der Waals surface area contributed by atoms with Crippen LogP contribution < -0.4 is 4.90 Å². The number of aromatic nitrogens is 1. The minimum atomic E-state index is 0.0836. The molecule has 1 unspecified atom stereocenters. The van der Waals surface area contributed by atoms with Gasteiger partial charge in [-0.15, -0.1) is 11.3 Å². The van der Waals surface area contributed by atoms with Gasteiger partial charge in [-0.2, -0.15) is 0 Å². The summed E-state index contributed by atoms with van der Waals surface area (Å²) in [5.41, 5.74) is 1.12. The molecule has 0 radical (unpaired) electrons. The van der Waals surface area contributed by atoms with E-state index in [1.807, 2.05) is 11.3 Å². The van der Waals surface area contributed by atoms with E-state index in [9.17, 15) is 4.79 Å². The number of thiazole rings is 1. The molecule has 1 aromatic heterocycles. The Balaban J connectivity index is 1.47. The molecule has 2 aromatic rings. The summed E-state index contributed by atoms with van der Waals surface area (Å²) in [6.07, 6.45) is 4.73. The van der Waals surface area contributed by atoms with Crippen molar-refractivity contribution < 1.29 is 9.69 Å². The van der Waals surface area contributed by atoms with Crippen LogP contribution in [-0.2, 0) is 4.79 Å². The summed E-state index contributed by atoms with van der Waals surface area (Å²) in [4.78, 5) is 21.1. The Kier molecular flexibility index (Phi) is 4.55. The van der Waals surface area contributed by atoms with Crippen LogP contribution in [-0.4, -0.2) is 48.0 Å². The summed E-state index contributed by atoms with van der Waals surface area (Å²) in [5, 5.41) is 1.26. The van der Waals surface area contributed by atoms with E-state index in [-0.39, 0.29) is 6.04 Å². The quantitative estimate of drug-likeness (QED) is 0.926. The Bertz CT molecular complexity index is 689. The van der Waals surface area contributed by atoms with Crippen LogP contribution in [0, 0.1) is 0 Å². The van der Waals surface area contributed by atoms with Crippen molar-refractivity contribution in [3.63, 3.8) is 0 Å². The SMILES string of the molecule is C[C@H](C(=O)N1CCCC1)[NH+]1CCC[C@H](c2nc3ccccc3s2)C1. The van der Waals surface area contributed by atoms with E-state index in [0.29, 0.717) is 11.8 Å². The minimum Gasteiger partial charge on any atom is -0.338 e. The highest BCUT2D eigenvalue weighted by molar-refractivity contribution is 7.18.